The van der Waals surface area contributed by atoms with E-state index in [1.165, 1.54) is 12.5 Å². The van der Waals surface area contributed by atoms with Crippen LogP contribution in [0, 0.1) is 0 Å². The van der Waals surface area contributed by atoms with Gasteiger partial charge in [0, 0.05) is 23.5 Å². The summed E-state index contributed by atoms with van der Waals surface area (Å²) in [7, 11) is 0. The molecule has 2 aromatic rings. The first kappa shape index (κ1) is 15.3. The second-order valence-corrected chi connectivity index (χ2v) is 5.84. The predicted molar refractivity (Wildman–Crippen MR) is 92.1 cm³/mol. The lowest BCUT2D eigenvalue weighted by Crippen LogP contribution is -2.36. The average molecular weight is 308 g/mol. The largest absolute Gasteiger partial charge is 0.362 e. The third-order valence-electron chi connectivity index (χ3n) is 4.12. The number of anilines is 2. The third-order valence-corrected chi connectivity index (χ3v) is 4.12. The van der Waals surface area contributed by atoms with Crippen molar-refractivity contribution >= 4 is 23.1 Å². The lowest BCUT2D eigenvalue weighted by molar-refractivity contribution is -0.115. The number of rotatable bonds is 4. The van der Waals surface area contributed by atoms with Gasteiger partial charge in [0.25, 0.3) is 0 Å². The standard InChI is InChI=1S/C19H20N2O2/c1-14(22)15-8-10-17(11-9-15)20-19(23)13-21-12-4-6-16-5-2-3-7-18(16)21/h2-3,5,7-11H,4,6,12-13H2,1H3,(H,20,23). The molecule has 0 atom stereocenters. The van der Waals surface area contributed by atoms with Crippen molar-refractivity contribution in [1.29, 1.82) is 0 Å². The number of fused-ring (bicyclic) bond motifs is 1. The smallest absolute Gasteiger partial charge is 0.243 e. The van der Waals surface area contributed by atoms with E-state index in [1.54, 1.807) is 24.3 Å². The number of hydrogen-bond donors (Lipinski definition) is 1. The first-order chi connectivity index (χ1) is 11.1. The summed E-state index contributed by atoms with van der Waals surface area (Å²) < 4.78 is 0. The van der Waals surface area contributed by atoms with E-state index in [1.807, 2.05) is 12.1 Å². The van der Waals surface area contributed by atoms with E-state index in [9.17, 15) is 9.59 Å². The molecule has 1 N–H and O–H groups in total. The Morgan fingerprint density at radius 3 is 2.57 bits per heavy atom. The van der Waals surface area contributed by atoms with E-state index in [0.29, 0.717) is 17.8 Å². The summed E-state index contributed by atoms with van der Waals surface area (Å²) in [6.45, 7) is 2.76. The normalized spacial score (nSPS) is 13.3. The number of ketones is 1. The molecule has 1 aliphatic heterocycles. The molecule has 4 nitrogen and oxygen atoms in total. The van der Waals surface area contributed by atoms with Crippen LogP contribution in [-0.4, -0.2) is 24.8 Å². The fourth-order valence-electron chi connectivity index (χ4n) is 2.94. The zero-order valence-corrected chi connectivity index (χ0v) is 13.2. The second-order valence-electron chi connectivity index (χ2n) is 5.84. The Morgan fingerprint density at radius 2 is 1.83 bits per heavy atom. The highest BCUT2D eigenvalue weighted by Gasteiger charge is 2.18. The average Bonchev–Trinajstić information content (AvgIpc) is 2.55. The molecule has 0 bridgehead atoms. The maximum Gasteiger partial charge on any atom is 0.243 e. The van der Waals surface area contributed by atoms with E-state index in [0.717, 1.165) is 25.1 Å². The predicted octanol–water partition coefficient (Wildman–Crippen LogP) is 3.28. The van der Waals surface area contributed by atoms with Gasteiger partial charge < -0.3 is 10.2 Å². The number of amides is 1. The van der Waals surface area contributed by atoms with Gasteiger partial charge in [-0.25, -0.2) is 0 Å². The number of nitrogens with one attached hydrogen (secondary N) is 1. The first-order valence-corrected chi connectivity index (χ1v) is 7.87. The van der Waals surface area contributed by atoms with Crippen molar-refractivity contribution in [3.8, 4) is 0 Å². The number of hydrogen-bond acceptors (Lipinski definition) is 3. The number of carbonyl (C=O) groups excluding carboxylic acids is 2. The number of carbonyl (C=O) groups is 2. The zero-order valence-electron chi connectivity index (χ0n) is 13.2. The van der Waals surface area contributed by atoms with Gasteiger partial charge in [-0.15, -0.1) is 0 Å². The van der Waals surface area contributed by atoms with Crippen LogP contribution in [0.15, 0.2) is 48.5 Å². The van der Waals surface area contributed by atoms with Gasteiger partial charge in [-0.2, -0.15) is 0 Å². The fraction of sp³-hybridized carbons (Fsp3) is 0.263. The van der Waals surface area contributed by atoms with E-state index < -0.39 is 0 Å². The number of nitrogens with zero attached hydrogens (tertiary/aromatic N) is 1. The second kappa shape index (κ2) is 6.65. The van der Waals surface area contributed by atoms with Gasteiger partial charge in [0.1, 0.15) is 0 Å². The molecule has 0 aromatic heterocycles. The van der Waals surface area contributed by atoms with Gasteiger partial charge in [0.15, 0.2) is 5.78 Å². The maximum atomic E-state index is 12.3. The summed E-state index contributed by atoms with van der Waals surface area (Å²) in [5.41, 5.74) is 3.82. The van der Waals surface area contributed by atoms with E-state index in [2.05, 4.69) is 22.3 Å². The maximum absolute atomic E-state index is 12.3. The minimum absolute atomic E-state index is 0.0211. The summed E-state index contributed by atoms with van der Waals surface area (Å²) >= 11 is 0. The Hall–Kier alpha value is -2.62. The van der Waals surface area contributed by atoms with Gasteiger partial charge in [-0.3, -0.25) is 9.59 Å². The van der Waals surface area contributed by atoms with Crippen molar-refractivity contribution in [3.63, 3.8) is 0 Å². The van der Waals surface area contributed by atoms with Crippen molar-refractivity contribution in [2.24, 2.45) is 0 Å². The van der Waals surface area contributed by atoms with E-state index >= 15 is 0 Å². The summed E-state index contributed by atoms with van der Waals surface area (Å²) in [6.07, 6.45) is 2.14. The fourth-order valence-corrected chi connectivity index (χ4v) is 2.94. The van der Waals surface area contributed by atoms with Crippen LogP contribution < -0.4 is 10.2 Å². The van der Waals surface area contributed by atoms with E-state index in [-0.39, 0.29) is 11.7 Å². The molecule has 3 rings (SSSR count). The first-order valence-electron chi connectivity index (χ1n) is 7.87. The van der Waals surface area contributed by atoms with Crippen molar-refractivity contribution in [2.75, 3.05) is 23.3 Å². The Labute approximate surface area is 136 Å². The van der Waals surface area contributed by atoms with Gasteiger partial charge in [0.05, 0.1) is 6.54 Å². The van der Waals surface area contributed by atoms with Crippen molar-refractivity contribution in [2.45, 2.75) is 19.8 Å². The van der Waals surface area contributed by atoms with Crippen LogP contribution in [0.25, 0.3) is 0 Å². The van der Waals surface area contributed by atoms with Crippen LogP contribution in [0.2, 0.25) is 0 Å². The Kier molecular flexibility index (Phi) is 4.42. The monoisotopic (exact) mass is 308 g/mol. The van der Waals surface area contributed by atoms with Crippen LogP contribution in [0.4, 0.5) is 11.4 Å². The van der Waals surface area contributed by atoms with Crippen LogP contribution in [-0.2, 0) is 11.2 Å². The highest BCUT2D eigenvalue weighted by molar-refractivity contribution is 5.96. The third kappa shape index (κ3) is 3.59. The highest BCUT2D eigenvalue weighted by atomic mass is 16.2. The van der Waals surface area contributed by atoms with Gasteiger partial charge in [-0.1, -0.05) is 18.2 Å². The Bertz CT molecular complexity index is 722. The lowest BCUT2D eigenvalue weighted by atomic mass is 10.0. The summed E-state index contributed by atoms with van der Waals surface area (Å²) in [4.78, 5) is 25.7. The molecule has 1 amide bonds. The summed E-state index contributed by atoms with van der Waals surface area (Å²) in [5.74, 6) is -0.0231. The molecule has 0 saturated heterocycles. The minimum atomic E-state index is -0.0442. The van der Waals surface area contributed by atoms with Crippen molar-refractivity contribution < 1.29 is 9.59 Å². The van der Waals surface area contributed by atoms with Crippen molar-refractivity contribution in [3.05, 3.63) is 59.7 Å². The molecule has 0 unspecified atom stereocenters. The summed E-state index contributed by atoms with van der Waals surface area (Å²) in [6, 6.07) is 15.2. The van der Waals surface area contributed by atoms with E-state index in [4.69, 9.17) is 0 Å². The number of Topliss-reactive ketones (excluding diaryl/α,β-unsaturated/α-hetero) is 1. The topological polar surface area (TPSA) is 49.4 Å². The zero-order chi connectivity index (χ0) is 16.2. The number of para-hydroxylation sites is 1. The molecule has 0 spiro atoms. The molecule has 2 aromatic carbocycles. The molecular weight excluding hydrogens is 288 g/mol. The number of aryl methyl sites for hydroxylation is 1. The van der Waals surface area contributed by atoms with Crippen LogP contribution in [0.3, 0.4) is 0 Å². The molecule has 0 aliphatic carbocycles. The molecule has 118 valence electrons. The van der Waals surface area contributed by atoms with Crippen LogP contribution in [0.5, 0.6) is 0 Å². The molecular formula is C19H20N2O2. The SMILES string of the molecule is CC(=O)c1ccc(NC(=O)CN2CCCc3ccccc32)cc1. The highest BCUT2D eigenvalue weighted by Crippen LogP contribution is 2.26. The van der Waals surface area contributed by atoms with Crippen LogP contribution in [0.1, 0.15) is 29.3 Å². The molecule has 1 heterocycles. The molecule has 23 heavy (non-hydrogen) atoms. The van der Waals surface area contributed by atoms with Crippen molar-refractivity contribution in [1.82, 2.24) is 0 Å². The quantitative estimate of drug-likeness (QED) is 0.882. The molecule has 0 radical (unpaired) electrons. The Balaban J connectivity index is 1.65. The van der Waals surface area contributed by atoms with Gasteiger partial charge >= 0.3 is 0 Å². The van der Waals surface area contributed by atoms with Gasteiger partial charge in [-0.05, 0) is 55.7 Å². The lowest BCUT2D eigenvalue weighted by Gasteiger charge is -2.30. The molecule has 1 aliphatic rings. The molecule has 4 heteroatoms. The number of benzene rings is 2. The van der Waals surface area contributed by atoms with Crippen LogP contribution >= 0.6 is 0 Å². The Morgan fingerprint density at radius 1 is 1.09 bits per heavy atom. The summed E-state index contributed by atoms with van der Waals surface area (Å²) in [5, 5.41) is 2.89. The molecule has 0 fully saturated rings. The molecule has 0 saturated carbocycles. The minimum Gasteiger partial charge on any atom is -0.362 e. The van der Waals surface area contributed by atoms with Gasteiger partial charge in [0.2, 0.25) is 5.91 Å².